The third-order valence-electron chi connectivity index (χ3n) is 5.12. The molecule has 2 aromatic rings. The molecule has 172 valence electrons. The average molecular weight is 457 g/mol. The maximum Gasteiger partial charge on any atom is 0.255 e. The van der Waals surface area contributed by atoms with Gasteiger partial charge in [0.15, 0.2) is 0 Å². The fourth-order valence-electron chi connectivity index (χ4n) is 3.33. The van der Waals surface area contributed by atoms with Crippen molar-refractivity contribution in [3.63, 3.8) is 0 Å². The molecule has 0 bridgehead atoms. The summed E-state index contributed by atoms with van der Waals surface area (Å²) in [7, 11) is 1.50. The first kappa shape index (κ1) is 23.6. The van der Waals surface area contributed by atoms with Gasteiger partial charge in [-0.25, -0.2) is 8.78 Å². The molecule has 1 atom stereocenters. The van der Waals surface area contributed by atoms with E-state index >= 15 is 0 Å². The van der Waals surface area contributed by atoms with E-state index in [4.69, 9.17) is 10.00 Å². The Hall–Kier alpha value is -4.07. The van der Waals surface area contributed by atoms with Gasteiger partial charge < -0.3 is 20.3 Å². The number of methoxy groups -OCH3 is 1. The lowest BCUT2D eigenvalue weighted by Crippen LogP contribution is -2.51. The van der Waals surface area contributed by atoms with Crippen LogP contribution in [0.15, 0.2) is 42.7 Å². The molecule has 1 aromatic carbocycles. The number of benzene rings is 1. The van der Waals surface area contributed by atoms with E-state index in [1.165, 1.54) is 25.6 Å². The predicted molar refractivity (Wildman–Crippen MR) is 113 cm³/mol. The number of carbonyl (C=O) groups is 3. The fraction of sp³-hybridized carbons (Fsp3) is 0.318. The van der Waals surface area contributed by atoms with Crippen molar-refractivity contribution >= 4 is 23.4 Å². The smallest absolute Gasteiger partial charge is 0.255 e. The van der Waals surface area contributed by atoms with Crippen molar-refractivity contribution in [1.29, 1.82) is 5.26 Å². The Labute approximate surface area is 188 Å². The second-order valence-electron chi connectivity index (χ2n) is 7.33. The topological polar surface area (TPSA) is 124 Å². The summed E-state index contributed by atoms with van der Waals surface area (Å²) in [5.74, 6) is -4.24. The molecule has 3 amide bonds. The Morgan fingerprint density at radius 3 is 2.64 bits per heavy atom. The number of carbonyl (C=O) groups excluding carboxylic acids is 3. The Morgan fingerprint density at radius 1 is 1.24 bits per heavy atom. The molecule has 0 radical (unpaired) electrons. The number of piperidine rings is 1. The van der Waals surface area contributed by atoms with Gasteiger partial charge in [0.1, 0.15) is 11.8 Å². The van der Waals surface area contributed by atoms with Crippen LogP contribution in [0.25, 0.3) is 0 Å². The SMILES string of the molecule is COc1ccc(C(=O)Nc2cnccc2C(=O)NCC(=O)N2CCC(F)(F)CC2C#N)cc1. The Balaban J connectivity index is 1.64. The molecular formula is C22H21F2N5O4. The number of pyridine rings is 1. The van der Waals surface area contributed by atoms with Crippen LogP contribution in [0.3, 0.4) is 0 Å². The summed E-state index contributed by atoms with van der Waals surface area (Å²) < 4.78 is 32.1. The number of likely N-dealkylation sites (tertiary alicyclic amines) is 1. The Bertz CT molecular complexity index is 1080. The van der Waals surface area contributed by atoms with Gasteiger partial charge in [-0.2, -0.15) is 5.26 Å². The minimum absolute atomic E-state index is 0.0571. The van der Waals surface area contributed by atoms with E-state index in [0.717, 1.165) is 4.90 Å². The van der Waals surface area contributed by atoms with Crippen LogP contribution in [-0.2, 0) is 4.79 Å². The van der Waals surface area contributed by atoms with Gasteiger partial charge in [-0.3, -0.25) is 19.4 Å². The van der Waals surface area contributed by atoms with Gasteiger partial charge in [-0.15, -0.1) is 0 Å². The summed E-state index contributed by atoms with van der Waals surface area (Å²) in [5.41, 5.74) is 0.503. The monoisotopic (exact) mass is 457 g/mol. The largest absolute Gasteiger partial charge is 0.497 e. The van der Waals surface area contributed by atoms with Crippen molar-refractivity contribution in [3.8, 4) is 11.8 Å². The average Bonchev–Trinajstić information content (AvgIpc) is 2.82. The summed E-state index contributed by atoms with van der Waals surface area (Å²) in [6.07, 6.45) is 1.35. The summed E-state index contributed by atoms with van der Waals surface area (Å²) in [6.45, 7) is -0.769. The molecule has 1 saturated heterocycles. The van der Waals surface area contributed by atoms with Gasteiger partial charge in [0.2, 0.25) is 5.91 Å². The highest BCUT2D eigenvalue weighted by Crippen LogP contribution is 2.31. The van der Waals surface area contributed by atoms with Gasteiger partial charge in [-0.1, -0.05) is 0 Å². The molecule has 0 spiro atoms. The number of amides is 3. The van der Waals surface area contributed by atoms with Gasteiger partial charge in [0.05, 0.1) is 37.2 Å². The zero-order valence-corrected chi connectivity index (χ0v) is 17.7. The standard InChI is InChI=1S/C22H21F2N5O4/c1-33-16-4-2-14(3-5-16)20(31)28-18-12-26-8-6-17(18)21(32)27-13-19(30)29-9-7-22(23,24)10-15(29)11-25/h2-6,8,12,15H,7,9-10,13H2,1H3,(H,27,32)(H,28,31). The second kappa shape index (κ2) is 10.0. The summed E-state index contributed by atoms with van der Waals surface area (Å²) in [5, 5.41) is 14.1. The predicted octanol–water partition coefficient (Wildman–Crippen LogP) is 2.22. The number of aromatic nitrogens is 1. The first-order chi connectivity index (χ1) is 15.7. The van der Waals surface area contributed by atoms with Crippen LogP contribution in [0.2, 0.25) is 0 Å². The number of rotatable bonds is 6. The van der Waals surface area contributed by atoms with E-state index in [1.807, 2.05) is 0 Å². The van der Waals surface area contributed by atoms with E-state index in [2.05, 4.69) is 15.6 Å². The number of ether oxygens (including phenoxy) is 1. The number of anilines is 1. The zero-order chi connectivity index (χ0) is 24.0. The molecule has 1 aliphatic heterocycles. The Kier molecular flexibility index (Phi) is 7.17. The lowest BCUT2D eigenvalue weighted by atomic mass is 9.99. The van der Waals surface area contributed by atoms with E-state index in [-0.39, 0.29) is 17.8 Å². The molecule has 3 rings (SSSR count). The quantitative estimate of drug-likeness (QED) is 0.686. The van der Waals surface area contributed by atoms with Crippen molar-refractivity contribution < 1.29 is 27.9 Å². The van der Waals surface area contributed by atoms with Gasteiger partial charge in [-0.05, 0) is 30.3 Å². The number of hydrogen-bond donors (Lipinski definition) is 2. The van der Waals surface area contributed by atoms with Gasteiger partial charge >= 0.3 is 0 Å². The van der Waals surface area contributed by atoms with Crippen molar-refractivity contribution in [2.24, 2.45) is 0 Å². The molecule has 11 heteroatoms. The first-order valence-corrected chi connectivity index (χ1v) is 9.98. The maximum atomic E-state index is 13.5. The summed E-state index contributed by atoms with van der Waals surface area (Å²) in [6, 6.07) is 8.14. The molecule has 0 aliphatic carbocycles. The summed E-state index contributed by atoms with van der Waals surface area (Å²) in [4.78, 5) is 42.5. The molecule has 1 unspecified atom stereocenters. The molecule has 2 heterocycles. The second-order valence-corrected chi connectivity index (χ2v) is 7.33. The molecule has 1 aliphatic rings. The molecule has 33 heavy (non-hydrogen) atoms. The Morgan fingerprint density at radius 2 is 1.97 bits per heavy atom. The number of nitrogens with one attached hydrogen (secondary N) is 2. The highest BCUT2D eigenvalue weighted by Gasteiger charge is 2.42. The lowest BCUT2D eigenvalue weighted by Gasteiger charge is -2.35. The number of nitrogens with zero attached hydrogens (tertiary/aromatic N) is 3. The maximum absolute atomic E-state index is 13.5. The highest BCUT2D eigenvalue weighted by atomic mass is 19.3. The van der Waals surface area contributed by atoms with Crippen molar-refractivity contribution in [1.82, 2.24) is 15.2 Å². The van der Waals surface area contributed by atoms with Crippen LogP contribution in [-0.4, -0.2) is 59.8 Å². The van der Waals surface area contributed by atoms with E-state index in [1.54, 1.807) is 30.3 Å². The lowest BCUT2D eigenvalue weighted by molar-refractivity contribution is -0.139. The fourth-order valence-corrected chi connectivity index (χ4v) is 3.33. The molecular weight excluding hydrogens is 436 g/mol. The van der Waals surface area contributed by atoms with Crippen LogP contribution in [0.4, 0.5) is 14.5 Å². The molecule has 9 nitrogen and oxygen atoms in total. The van der Waals surface area contributed by atoms with E-state index < -0.39 is 49.1 Å². The van der Waals surface area contributed by atoms with Crippen LogP contribution in [0.1, 0.15) is 33.6 Å². The third kappa shape index (κ3) is 5.79. The van der Waals surface area contributed by atoms with Crippen LogP contribution >= 0.6 is 0 Å². The molecule has 1 aromatic heterocycles. The number of nitriles is 1. The van der Waals surface area contributed by atoms with Gasteiger partial charge in [0, 0.05) is 31.1 Å². The highest BCUT2D eigenvalue weighted by molar-refractivity contribution is 6.09. The molecule has 1 fully saturated rings. The third-order valence-corrected chi connectivity index (χ3v) is 5.12. The number of halogens is 2. The van der Waals surface area contributed by atoms with Crippen LogP contribution in [0, 0.1) is 11.3 Å². The van der Waals surface area contributed by atoms with Crippen LogP contribution in [0.5, 0.6) is 5.75 Å². The van der Waals surface area contributed by atoms with Gasteiger partial charge in [0.25, 0.3) is 17.7 Å². The minimum Gasteiger partial charge on any atom is -0.497 e. The van der Waals surface area contributed by atoms with Crippen molar-refractivity contribution in [2.75, 3.05) is 25.5 Å². The first-order valence-electron chi connectivity index (χ1n) is 9.98. The number of alkyl halides is 2. The van der Waals surface area contributed by atoms with E-state index in [0.29, 0.717) is 11.3 Å². The molecule has 0 saturated carbocycles. The minimum atomic E-state index is -3.01. The normalized spacial score (nSPS) is 16.9. The van der Waals surface area contributed by atoms with Crippen molar-refractivity contribution in [2.45, 2.75) is 24.8 Å². The van der Waals surface area contributed by atoms with E-state index in [9.17, 15) is 23.2 Å². The number of hydrogen-bond acceptors (Lipinski definition) is 6. The molecule has 2 N–H and O–H groups in total. The van der Waals surface area contributed by atoms with Crippen LogP contribution < -0.4 is 15.4 Å². The zero-order valence-electron chi connectivity index (χ0n) is 17.7. The van der Waals surface area contributed by atoms with Crippen molar-refractivity contribution in [3.05, 3.63) is 53.9 Å². The summed E-state index contributed by atoms with van der Waals surface area (Å²) >= 11 is 0.